The Bertz CT molecular complexity index is 622. The minimum atomic E-state index is -3.48. The molecule has 7 heteroatoms. The molecular formula is C13H16N2O3S2. The van der Waals surface area contributed by atoms with E-state index in [9.17, 15) is 8.42 Å². The molecule has 108 valence electrons. The van der Waals surface area contributed by atoms with Gasteiger partial charge in [0, 0.05) is 18.3 Å². The van der Waals surface area contributed by atoms with Crippen LogP contribution in [0.5, 0.6) is 5.75 Å². The summed E-state index contributed by atoms with van der Waals surface area (Å²) in [4.78, 5) is 4.34. The molecule has 0 saturated carbocycles. The molecule has 0 fully saturated rings. The molecule has 1 aromatic heterocycles. The van der Waals surface area contributed by atoms with Crippen LogP contribution in [0.4, 0.5) is 0 Å². The van der Waals surface area contributed by atoms with Crippen molar-refractivity contribution in [2.24, 2.45) is 0 Å². The highest BCUT2D eigenvalue weighted by atomic mass is 32.2. The molecule has 1 heterocycles. The Balaban J connectivity index is 1.95. The zero-order chi connectivity index (χ0) is 14.4. The zero-order valence-corrected chi connectivity index (χ0v) is 12.7. The molecule has 5 nitrogen and oxygen atoms in total. The quantitative estimate of drug-likeness (QED) is 0.850. The van der Waals surface area contributed by atoms with Crippen LogP contribution in [0.3, 0.4) is 0 Å². The minimum absolute atomic E-state index is 0.235. The topological polar surface area (TPSA) is 68.3 Å². The van der Waals surface area contributed by atoms with Gasteiger partial charge >= 0.3 is 0 Å². The summed E-state index contributed by atoms with van der Waals surface area (Å²) in [5.74, 6) is 0.661. The number of benzene rings is 1. The second-order valence-corrected chi connectivity index (χ2v) is 6.52. The Hall–Kier alpha value is -1.44. The fraction of sp³-hybridized carbons (Fsp3) is 0.308. The summed E-state index contributed by atoms with van der Waals surface area (Å²) < 4.78 is 32.0. The van der Waals surface area contributed by atoms with Crippen LogP contribution in [0.2, 0.25) is 0 Å². The number of ether oxygens (including phenoxy) is 1. The maximum absolute atomic E-state index is 12.1. The third kappa shape index (κ3) is 4.03. The van der Waals surface area contributed by atoms with Crippen LogP contribution in [-0.2, 0) is 16.4 Å². The van der Waals surface area contributed by atoms with E-state index in [1.165, 1.54) is 23.5 Å². The average Bonchev–Trinajstić information content (AvgIpc) is 2.93. The highest BCUT2D eigenvalue weighted by Gasteiger charge is 2.13. The number of nitrogens with one attached hydrogen (secondary N) is 1. The standard InChI is InChI=1S/C13H16N2O3S2/c1-2-18-12-3-5-13(6-4-12)20(16,17)15-8-7-11-9-19-10-14-11/h3-6,9-10,15H,2,7-8H2,1H3. The lowest BCUT2D eigenvalue weighted by atomic mass is 10.3. The van der Waals surface area contributed by atoms with Crippen LogP contribution < -0.4 is 9.46 Å². The molecule has 2 aromatic rings. The fourth-order valence-electron chi connectivity index (χ4n) is 1.64. The maximum Gasteiger partial charge on any atom is 0.240 e. The molecule has 0 unspecified atom stereocenters. The molecule has 0 bridgehead atoms. The number of aromatic nitrogens is 1. The summed E-state index contributed by atoms with van der Waals surface area (Å²) in [5.41, 5.74) is 2.63. The molecule has 0 aliphatic heterocycles. The van der Waals surface area contributed by atoms with Gasteiger partial charge in [-0.3, -0.25) is 0 Å². The van der Waals surface area contributed by atoms with Crippen LogP contribution in [0, 0.1) is 0 Å². The molecular weight excluding hydrogens is 296 g/mol. The third-order valence-electron chi connectivity index (χ3n) is 2.60. The molecule has 2 rings (SSSR count). The number of nitrogens with zero attached hydrogens (tertiary/aromatic N) is 1. The van der Waals surface area contributed by atoms with E-state index in [4.69, 9.17) is 4.74 Å². The predicted molar refractivity (Wildman–Crippen MR) is 78.6 cm³/mol. The highest BCUT2D eigenvalue weighted by molar-refractivity contribution is 7.89. The maximum atomic E-state index is 12.1. The summed E-state index contributed by atoms with van der Waals surface area (Å²) in [6.07, 6.45) is 0.583. The van der Waals surface area contributed by atoms with E-state index >= 15 is 0 Å². The van der Waals surface area contributed by atoms with E-state index in [1.54, 1.807) is 17.6 Å². The predicted octanol–water partition coefficient (Wildman–Crippen LogP) is 2.06. The molecule has 0 aliphatic rings. The van der Waals surface area contributed by atoms with Crippen molar-refractivity contribution in [1.29, 1.82) is 0 Å². The zero-order valence-electron chi connectivity index (χ0n) is 11.1. The number of hydrogen-bond donors (Lipinski definition) is 1. The molecule has 0 atom stereocenters. The lowest BCUT2D eigenvalue weighted by molar-refractivity contribution is 0.340. The van der Waals surface area contributed by atoms with Gasteiger partial charge in [0.2, 0.25) is 10.0 Å². The van der Waals surface area contributed by atoms with Crippen molar-refractivity contribution < 1.29 is 13.2 Å². The van der Waals surface area contributed by atoms with Gasteiger partial charge in [0.15, 0.2) is 0 Å². The van der Waals surface area contributed by atoms with E-state index in [0.717, 1.165) is 5.69 Å². The van der Waals surface area contributed by atoms with Crippen LogP contribution in [0.15, 0.2) is 40.1 Å². The molecule has 1 N–H and O–H groups in total. The van der Waals surface area contributed by atoms with Crippen LogP contribution in [0.25, 0.3) is 0 Å². The smallest absolute Gasteiger partial charge is 0.240 e. The number of thiazole rings is 1. The largest absolute Gasteiger partial charge is 0.494 e. The summed E-state index contributed by atoms with van der Waals surface area (Å²) in [7, 11) is -3.48. The van der Waals surface area contributed by atoms with Crippen LogP contribution in [0.1, 0.15) is 12.6 Å². The summed E-state index contributed by atoms with van der Waals surface area (Å²) >= 11 is 1.50. The van der Waals surface area contributed by atoms with E-state index in [-0.39, 0.29) is 4.90 Å². The van der Waals surface area contributed by atoms with Gasteiger partial charge in [0.05, 0.1) is 22.7 Å². The van der Waals surface area contributed by atoms with Gasteiger partial charge in [-0.1, -0.05) is 0 Å². The Morgan fingerprint density at radius 3 is 2.65 bits per heavy atom. The summed E-state index contributed by atoms with van der Waals surface area (Å²) in [6.45, 7) is 2.77. The molecule has 20 heavy (non-hydrogen) atoms. The van der Waals surface area contributed by atoms with E-state index in [1.807, 2.05) is 12.3 Å². The SMILES string of the molecule is CCOc1ccc(S(=O)(=O)NCCc2cscn2)cc1. The molecule has 0 spiro atoms. The summed E-state index contributed by atoms with van der Waals surface area (Å²) in [5, 5.41) is 1.91. The second-order valence-electron chi connectivity index (χ2n) is 4.03. The van der Waals surface area contributed by atoms with E-state index < -0.39 is 10.0 Å². The molecule has 0 radical (unpaired) electrons. The average molecular weight is 312 g/mol. The van der Waals surface area contributed by atoms with Gasteiger partial charge in [0.25, 0.3) is 0 Å². The van der Waals surface area contributed by atoms with Gasteiger partial charge in [-0.25, -0.2) is 18.1 Å². The highest BCUT2D eigenvalue weighted by Crippen LogP contribution is 2.15. The van der Waals surface area contributed by atoms with E-state index in [0.29, 0.717) is 25.3 Å². The van der Waals surface area contributed by atoms with Crippen molar-refractivity contribution in [2.75, 3.05) is 13.2 Å². The summed E-state index contributed by atoms with van der Waals surface area (Å²) in [6, 6.07) is 6.38. The first kappa shape index (κ1) is 15.0. The van der Waals surface area contributed by atoms with Gasteiger partial charge in [0.1, 0.15) is 5.75 Å². The van der Waals surface area contributed by atoms with Crippen molar-refractivity contribution in [2.45, 2.75) is 18.2 Å². The molecule has 1 aromatic carbocycles. The van der Waals surface area contributed by atoms with Crippen molar-refractivity contribution in [1.82, 2.24) is 9.71 Å². The number of hydrogen-bond acceptors (Lipinski definition) is 5. The lowest BCUT2D eigenvalue weighted by Crippen LogP contribution is -2.26. The van der Waals surface area contributed by atoms with Crippen molar-refractivity contribution in [3.05, 3.63) is 40.8 Å². The molecule has 0 amide bonds. The fourth-order valence-corrected chi connectivity index (χ4v) is 3.26. The lowest BCUT2D eigenvalue weighted by Gasteiger charge is -2.07. The third-order valence-corrected chi connectivity index (χ3v) is 4.71. The van der Waals surface area contributed by atoms with Gasteiger partial charge < -0.3 is 4.74 Å². The van der Waals surface area contributed by atoms with Gasteiger partial charge in [-0.2, -0.15) is 0 Å². The number of rotatable bonds is 7. The van der Waals surface area contributed by atoms with Crippen molar-refractivity contribution in [3.8, 4) is 5.75 Å². The minimum Gasteiger partial charge on any atom is -0.494 e. The van der Waals surface area contributed by atoms with Crippen molar-refractivity contribution in [3.63, 3.8) is 0 Å². The van der Waals surface area contributed by atoms with Crippen LogP contribution >= 0.6 is 11.3 Å². The molecule has 0 aliphatic carbocycles. The first-order valence-electron chi connectivity index (χ1n) is 6.21. The second kappa shape index (κ2) is 6.83. The normalized spacial score (nSPS) is 11.4. The Kier molecular flexibility index (Phi) is 5.11. The first-order chi connectivity index (χ1) is 9.62. The molecule has 0 saturated heterocycles. The van der Waals surface area contributed by atoms with Gasteiger partial charge in [-0.15, -0.1) is 11.3 Å². The van der Waals surface area contributed by atoms with Crippen molar-refractivity contribution >= 4 is 21.4 Å². The Morgan fingerprint density at radius 2 is 2.05 bits per heavy atom. The Morgan fingerprint density at radius 1 is 1.30 bits per heavy atom. The monoisotopic (exact) mass is 312 g/mol. The van der Waals surface area contributed by atoms with E-state index in [2.05, 4.69) is 9.71 Å². The number of sulfonamides is 1. The Labute approximate surface area is 122 Å². The van der Waals surface area contributed by atoms with Crippen LogP contribution in [-0.4, -0.2) is 26.6 Å². The van der Waals surface area contributed by atoms with Gasteiger partial charge in [-0.05, 0) is 31.2 Å². The first-order valence-corrected chi connectivity index (χ1v) is 8.64.